The molecule has 1 N–H and O–H groups in total. The van der Waals surface area contributed by atoms with Crippen molar-refractivity contribution in [2.24, 2.45) is 0 Å². The van der Waals surface area contributed by atoms with Crippen molar-refractivity contribution in [3.8, 4) is 0 Å². The van der Waals surface area contributed by atoms with Crippen molar-refractivity contribution in [1.82, 2.24) is 14.9 Å². The van der Waals surface area contributed by atoms with E-state index in [1.807, 2.05) is 32.3 Å². The standard InChI is InChI=1S/C11H20FN3/c1-5-15-7-6-13-10(15)9(12)8-14-11(2,3)4/h6-7,9,14H,5,8H2,1-4H3. The molecule has 0 aliphatic carbocycles. The van der Waals surface area contributed by atoms with Gasteiger partial charge in [0.15, 0.2) is 6.17 Å². The van der Waals surface area contributed by atoms with Crippen LogP contribution in [0.1, 0.15) is 39.7 Å². The number of nitrogens with zero attached hydrogens (tertiary/aromatic N) is 2. The molecule has 0 amide bonds. The van der Waals surface area contributed by atoms with Crippen molar-refractivity contribution >= 4 is 0 Å². The Morgan fingerprint density at radius 3 is 2.73 bits per heavy atom. The molecule has 1 atom stereocenters. The van der Waals surface area contributed by atoms with Crippen molar-refractivity contribution in [1.29, 1.82) is 0 Å². The fourth-order valence-corrected chi connectivity index (χ4v) is 1.36. The van der Waals surface area contributed by atoms with Crippen LogP contribution in [0.3, 0.4) is 0 Å². The molecule has 0 saturated heterocycles. The molecule has 3 nitrogen and oxygen atoms in total. The van der Waals surface area contributed by atoms with Crippen molar-refractivity contribution in [2.75, 3.05) is 6.54 Å². The number of rotatable bonds is 4. The third kappa shape index (κ3) is 3.63. The first-order valence-electron chi connectivity index (χ1n) is 5.34. The van der Waals surface area contributed by atoms with Gasteiger partial charge < -0.3 is 9.88 Å². The summed E-state index contributed by atoms with van der Waals surface area (Å²) in [4.78, 5) is 4.04. The summed E-state index contributed by atoms with van der Waals surface area (Å²) in [6.07, 6.45) is 2.40. The maximum Gasteiger partial charge on any atom is 0.170 e. The summed E-state index contributed by atoms with van der Waals surface area (Å²) < 4.78 is 15.6. The van der Waals surface area contributed by atoms with Crippen molar-refractivity contribution in [3.63, 3.8) is 0 Å². The predicted molar refractivity (Wildman–Crippen MR) is 59.5 cm³/mol. The van der Waals surface area contributed by atoms with E-state index in [-0.39, 0.29) is 5.54 Å². The molecule has 1 aromatic rings. The number of imidazole rings is 1. The lowest BCUT2D eigenvalue weighted by molar-refractivity contribution is 0.274. The summed E-state index contributed by atoms with van der Waals surface area (Å²) in [5.41, 5.74) is -0.0615. The van der Waals surface area contributed by atoms with Gasteiger partial charge >= 0.3 is 0 Å². The summed E-state index contributed by atoms with van der Waals surface area (Å²) in [6, 6.07) is 0. The Balaban J connectivity index is 2.57. The van der Waals surface area contributed by atoms with Gasteiger partial charge in [-0.05, 0) is 27.7 Å². The van der Waals surface area contributed by atoms with Crippen LogP contribution in [0.5, 0.6) is 0 Å². The average molecular weight is 213 g/mol. The Bertz CT molecular complexity index is 301. The van der Waals surface area contributed by atoms with Crippen LogP contribution >= 0.6 is 0 Å². The second-order valence-corrected chi connectivity index (χ2v) is 4.67. The van der Waals surface area contributed by atoms with Crippen LogP contribution in [0.15, 0.2) is 12.4 Å². The van der Waals surface area contributed by atoms with E-state index in [0.29, 0.717) is 12.4 Å². The zero-order valence-electron chi connectivity index (χ0n) is 9.92. The average Bonchev–Trinajstić information content (AvgIpc) is 2.60. The number of hydrogen-bond donors (Lipinski definition) is 1. The molecule has 15 heavy (non-hydrogen) atoms. The molecule has 0 radical (unpaired) electrons. The lowest BCUT2D eigenvalue weighted by atomic mass is 10.1. The van der Waals surface area contributed by atoms with Gasteiger partial charge in [-0.15, -0.1) is 0 Å². The van der Waals surface area contributed by atoms with Crippen molar-refractivity contribution in [3.05, 3.63) is 18.2 Å². The van der Waals surface area contributed by atoms with Gasteiger partial charge in [0.2, 0.25) is 0 Å². The van der Waals surface area contributed by atoms with E-state index in [4.69, 9.17) is 0 Å². The largest absolute Gasteiger partial charge is 0.333 e. The maximum absolute atomic E-state index is 13.8. The van der Waals surface area contributed by atoms with E-state index in [9.17, 15) is 4.39 Å². The third-order valence-corrected chi connectivity index (χ3v) is 2.18. The van der Waals surface area contributed by atoms with E-state index in [1.54, 1.807) is 12.4 Å². The highest BCUT2D eigenvalue weighted by atomic mass is 19.1. The monoisotopic (exact) mass is 213 g/mol. The number of halogens is 1. The molecule has 0 saturated carbocycles. The molecule has 1 rings (SSSR count). The van der Waals surface area contributed by atoms with Gasteiger partial charge in [-0.25, -0.2) is 9.37 Å². The zero-order chi connectivity index (χ0) is 11.5. The second-order valence-electron chi connectivity index (χ2n) is 4.67. The normalized spacial score (nSPS) is 14.2. The molecular formula is C11H20FN3. The topological polar surface area (TPSA) is 29.9 Å². The van der Waals surface area contributed by atoms with E-state index >= 15 is 0 Å². The first kappa shape index (κ1) is 12.2. The molecule has 0 spiro atoms. The molecule has 0 bridgehead atoms. The third-order valence-electron chi connectivity index (χ3n) is 2.18. The predicted octanol–water partition coefficient (Wildman–Crippen LogP) is 2.30. The Morgan fingerprint density at radius 2 is 2.20 bits per heavy atom. The van der Waals surface area contributed by atoms with Crippen LogP contribution in [0.25, 0.3) is 0 Å². The van der Waals surface area contributed by atoms with Gasteiger partial charge in [-0.2, -0.15) is 0 Å². The minimum absolute atomic E-state index is 0.0615. The van der Waals surface area contributed by atoms with Gasteiger partial charge in [0.25, 0.3) is 0 Å². The molecule has 0 aliphatic rings. The molecule has 0 aliphatic heterocycles. The van der Waals surface area contributed by atoms with E-state index in [2.05, 4.69) is 10.3 Å². The fourth-order valence-electron chi connectivity index (χ4n) is 1.36. The first-order chi connectivity index (χ1) is 6.94. The summed E-state index contributed by atoms with van der Waals surface area (Å²) >= 11 is 0. The van der Waals surface area contributed by atoms with Crippen LogP contribution in [-0.2, 0) is 6.54 Å². The number of nitrogens with one attached hydrogen (secondary N) is 1. The second kappa shape index (κ2) is 4.75. The molecule has 1 heterocycles. The molecule has 0 fully saturated rings. The Morgan fingerprint density at radius 1 is 1.53 bits per heavy atom. The molecular weight excluding hydrogens is 193 g/mol. The first-order valence-corrected chi connectivity index (χ1v) is 5.34. The molecule has 4 heteroatoms. The minimum atomic E-state index is -1.04. The summed E-state index contributed by atoms with van der Waals surface area (Å²) in [5.74, 6) is 0.509. The molecule has 86 valence electrons. The molecule has 0 aromatic carbocycles. The van der Waals surface area contributed by atoms with Crippen molar-refractivity contribution < 1.29 is 4.39 Å². The number of aryl methyl sites for hydroxylation is 1. The van der Waals surface area contributed by atoms with Gasteiger partial charge in [0, 0.05) is 31.0 Å². The number of aromatic nitrogens is 2. The highest BCUT2D eigenvalue weighted by molar-refractivity contribution is 4.97. The molecule has 1 unspecified atom stereocenters. The summed E-state index contributed by atoms with van der Waals surface area (Å²) in [7, 11) is 0. The van der Waals surface area contributed by atoms with Crippen LogP contribution in [0, 0.1) is 0 Å². The van der Waals surface area contributed by atoms with Crippen LogP contribution in [0.4, 0.5) is 4.39 Å². The zero-order valence-corrected chi connectivity index (χ0v) is 9.92. The van der Waals surface area contributed by atoms with E-state index in [0.717, 1.165) is 6.54 Å². The Labute approximate surface area is 90.7 Å². The lowest BCUT2D eigenvalue weighted by Gasteiger charge is -2.22. The van der Waals surface area contributed by atoms with E-state index < -0.39 is 6.17 Å². The van der Waals surface area contributed by atoms with E-state index in [1.165, 1.54) is 0 Å². The van der Waals surface area contributed by atoms with Gasteiger partial charge in [0.05, 0.1) is 0 Å². The number of hydrogen-bond acceptors (Lipinski definition) is 2. The quantitative estimate of drug-likeness (QED) is 0.831. The minimum Gasteiger partial charge on any atom is -0.333 e. The van der Waals surface area contributed by atoms with Gasteiger partial charge in [0.1, 0.15) is 5.82 Å². The highest BCUT2D eigenvalue weighted by Crippen LogP contribution is 2.15. The fraction of sp³-hybridized carbons (Fsp3) is 0.727. The van der Waals surface area contributed by atoms with Gasteiger partial charge in [-0.3, -0.25) is 0 Å². The Hall–Kier alpha value is -0.900. The summed E-state index contributed by atoms with van der Waals surface area (Å²) in [6.45, 7) is 9.10. The van der Waals surface area contributed by atoms with Crippen LogP contribution in [0.2, 0.25) is 0 Å². The smallest absolute Gasteiger partial charge is 0.170 e. The maximum atomic E-state index is 13.8. The SMILES string of the molecule is CCn1ccnc1C(F)CNC(C)(C)C. The van der Waals surface area contributed by atoms with Crippen molar-refractivity contribution in [2.45, 2.75) is 46.0 Å². The summed E-state index contributed by atoms with van der Waals surface area (Å²) in [5, 5.41) is 3.13. The van der Waals surface area contributed by atoms with Crippen LogP contribution < -0.4 is 5.32 Å². The number of alkyl halides is 1. The highest BCUT2D eigenvalue weighted by Gasteiger charge is 2.18. The molecule has 1 aromatic heterocycles. The lowest BCUT2D eigenvalue weighted by Crippen LogP contribution is -2.38. The van der Waals surface area contributed by atoms with Gasteiger partial charge in [-0.1, -0.05) is 0 Å². The Kier molecular flexibility index (Phi) is 3.85. The van der Waals surface area contributed by atoms with Crippen LogP contribution in [-0.4, -0.2) is 21.6 Å².